The van der Waals surface area contributed by atoms with E-state index in [0.29, 0.717) is 0 Å². The van der Waals surface area contributed by atoms with Crippen molar-refractivity contribution >= 4 is 34.8 Å². The first kappa shape index (κ1) is 12.9. The van der Waals surface area contributed by atoms with Crippen molar-refractivity contribution in [3.05, 3.63) is 48.0 Å². The molecule has 0 saturated heterocycles. The second-order valence-electron chi connectivity index (χ2n) is 3.39. The van der Waals surface area contributed by atoms with E-state index < -0.39 is 9.39 Å². The van der Waals surface area contributed by atoms with Gasteiger partial charge >= 0.3 is 0 Å². The van der Waals surface area contributed by atoms with Gasteiger partial charge in [0.2, 0.25) is 3.79 Å². The minimum absolute atomic E-state index is 0.746. The number of hydrogen-bond acceptors (Lipinski definition) is 1. The Hall–Kier alpha value is -0.210. The van der Waals surface area contributed by atoms with Crippen LogP contribution in [0.1, 0.15) is 12.5 Å². The number of alkyl halides is 3. The van der Waals surface area contributed by atoms with Crippen LogP contribution in [0.4, 0.5) is 0 Å². The summed E-state index contributed by atoms with van der Waals surface area (Å²) in [4.78, 5) is 0. The predicted molar refractivity (Wildman–Crippen MR) is 65.4 cm³/mol. The van der Waals surface area contributed by atoms with E-state index in [1.165, 1.54) is 12.2 Å². The van der Waals surface area contributed by atoms with E-state index in [4.69, 9.17) is 34.8 Å². The molecule has 1 atom stereocenters. The topological polar surface area (TPSA) is 20.2 Å². The van der Waals surface area contributed by atoms with Crippen molar-refractivity contribution in [1.29, 1.82) is 0 Å². The lowest BCUT2D eigenvalue weighted by molar-refractivity contribution is 0.111. The molecule has 15 heavy (non-hydrogen) atoms. The number of benzene rings is 1. The van der Waals surface area contributed by atoms with Gasteiger partial charge in [-0.1, -0.05) is 65.1 Å². The standard InChI is InChI=1S/C11H11Cl3O/c1-10(15,7-8-11(12,13)14)9-5-3-2-4-6-9/h2-8,15H,1H3. The molecule has 0 heterocycles. The molecule has 0 bridgehead atoms. The van der Waals surface area contributed by atoms with Gasteiger partial charge in [-0.25, -0.2) is 0 Å². The van der Waals surface area contributed by atoms with Gasteiger partial charge < -0.3 is 5.11 Å². The van der Waals surface area contributed by atoms with Crippen LogP contribution in [0.15, 0.2) is 42.5 Å². The third-order valence-electron chi connectivity index (χ3n) is 1.96. The van der Waals surface area contributed by atoms with Crippen LogP contribution in [-0.2, 0) is 5.60 Å². The van der Waals surface area contributed by atoms with Gasteiger partial charge in [0.05, 0.1) is 0 Å². The van der Waals surface area contributed by atoms with Gasteiger partial charge in [-0.3, -0.25) is 0 Å². The van der Waals surface area contributed by atoms with Crippen LogP contribution in [0, 0.1) is 0 Å². The Kier molecular flexibility index (Phi) is 4.07. The summed E-state index contributed by atoms with van der Waals surface area (Å²) in [5.41, 5.74) is -0.388. The van der Waals surface area contributed by atoms with Crippen LogP contribution in [0.25, 0.3) is 0 Å². The molecule has 0 aromatic heterocycles. The molecule has 0 radical (unpaired) electrons. The van der Waals surface area contributed by atoms with Crippen LogP contribution in [0.2, 0.25) is 0 Å². The van der Waals surface area contributed by atoms with E-state index in [1.807, 2.05) is 30.3 Å². The van der Waals surface area contributed by atoms with Crippen LogP contribution in [0.5, 0.6) is 0 Å². The summed E-state index contributed by atoms with van der Waals surface area (Å²) in [5.74, 6) is 0. The zero-order chi connectivity index (χ0) is 11.5. The van der Waals surface area contributed by atoms with E-state index in [1.54, 1.807) is 6.92 Å². The lowest BCUT2D eigenvalue weighted by Gasteiger charge is -2.20. The highest BCUT2D eigenvalue weighted by molar-refractivity contribution is 6.68. The van der Waals surface area contributed by atoms with Gasteiger partial charge in [-0.2, -0.15) is 0 Å². The monoisotopic (exact) mass is 264 g/mol. The van der Waals surface area contributed by atoms with Crippen LogP contribution in [-0.4, -0.2) is 8.90 Å². The van der Waals surface area contributed by atoms with Gasteiger partial charge in [-0.05, 0) is 24.6 Å². The van der Waals surface area contributed by atoms with Crippen LogP contribution >= 0.6 is 34.8 Å². The summed E-state index contributed by atoms with van der Waals surface area (Å²) in [6, 6.07) is 9.17. The van der Waals surface area contributed by atoms with Gasteiger partial charge in [0, 0.05) is 0 Å². The van der Waals surface area contributed by atoms with Crippen molar-refractivity contribution in [3.8, 4) is 0 Å². The lowest BCUT2D eigenvalue weighted by Crippen LogP contribution is -2.18. The molecular formula is C11H11Cl3O. The SMILES string of the molecule is CC(O)(C=CC(Cl)(Cl)Cl)c1ccccc1. The smallest absolute Gasteiger partial charge is 0.209 e. The summed E-state index contributed by atoms with van der Waals surface area (Å²) < 4.78 is -1.49. The third kappa shape index (κ3) is 4.43. The molecule has 4 heteroatoms. The number of aliphatic hydroxyl groups is 1. The molecule has 0 spiro atoms. The number of allylic oxidation sites excluding steroid dienone is 1. The Labute approximate surface area is 104 Å². The fourth-order valence-electron chi connectivity index (χ4n) is 1.13. The van der Waals surface area contributed by atoms with E-state index in [2.05, 4.69) is 0 Å². The fraction of sp³-hybridized carbons (Fsp3) is 0.273. The van der Waals surface area contributed by atoms with Crippen molar-refractivity contribution in [2.24, 2.45) is 0 Å². The fourth-order valence-corrected chi connectivity index (χ4v) is 1.32. The summed E-state index contributed by atoms with van der Waals surface area (Å²) in [6.45, 7) is 1.63. The molecule has 0 aliphatic rings. The van der Waals surface area contributed by atoms with Gasteiger partial charge in [0.1, 0.15) is 5.60 Å². The molecule has 1 unspecified atom stereocenters. The van der Waals surface area contributed by atoms with Crippen molar-refractivity contribution < 1.29 is 5.11 Å². The van der Waals surface area contributed by atoms with Crippen molar-refractivity contribution in [3.63, 3.8) is 0 Å². The minimum Gasteiger partial charge on any atom is -0.381 e. The highest BCUT2D eigenvalue weighted by atomic mass is 35.6. The Balaban J connectivity index is 2.90. The molecule has 0 amide bonds. The Morgan fingerprint density at radius 3 is 2.07 bits per heavy atom. The summed E-state index contributed by atoms with van der Waals surface area (Å²) in [7, 11) is 0. The molecule has 1 aromatic rings. The van der Waals surface area contributed by atoms with Gasteiger partial charge in [0.25, 0.3) is 0 Å². The van der Waals surface area contributed by atoms with Gasteiger partial charge in [0.15, 0.2) is 0 Å². The van der Waals surface area contributed by atoms with Gasteiger partial charge in [-0.15, -0.1) is 0 Å². The number of rotatable bonds is 2. The number of halogens is 3. The molecule has 1 N–H and O–H groups in total. The highest BCUT2D eigenvalue weighted by Crippen LogP contribution is 2.30. The zero-order valence-corrected chi connectivity index (χ0v) is 10.4. The maximum absolute atomic E-state index is 10.1. The first-order valence-electron chi connectivity index (χ1n) is 4.36. The van der Waals surface area contributed by atoms with E-state index in [0.717, 1.165) is 5.56 Å². The molecule has 1 nitrogen and oxygen atoms in total. The normalized spacial score (nSPS) is 16.6. The molecule has 1 rings (SSSR count). The maximum Gasteiger partial charge on any atom is 0.209 e. The largest absolute Gasteiger partial charge is 0.381 e. The average molecular weight is 266 g/mol. The van der Waals surface area contributed by atoms with E-state index in [-0.39, 0.29) is 0 Å². The molecule has 0 fully saturated rings. The maximum atomic E-state index is 10.1. The predicted octanol–water partition coefficient (Wildman–Crippen LogP) is 3.82. The van der Waals surface area contributed by atoms with Crippen LogP contribution < -0.4 is 0 Å². The highest BCUT2D eigenvalue weighted by Gasteiger charge is 2.22. The average Bonchev–Trinajstić information content (AvgIpc) is 2.16. The molecule has 1 aromatic carbocycles. The first-order valence-corrected chi connectivity index (χ1v) is 5.50. The molecule has 0 aliphatic heterocycles. The lowest BCUT2D eigenvalue weighted by atomic mass is 9.96. The number of hydrogen-bond donors (Lipinski definition) is 1. The summed E-state index contributed by atoms with van der Waals surface area (Å²) in [6.07, 6.45) is 2.81. The molecule has 0 aliphatic carbocycles. The molecule has 0 saturated carbocycles. The van der Waals surface area contributed by atoms with Crippen molar-refractivity contribution in [2.75, 3.05) is 0 Å². The van der Waals surface area contributed by atoms with Crippen LogP contribution in [0.3, 0.4) is 0 Å². The Morgan fingerprint density at radius 1 is 1.07 bits per heavy atom. The van der Waals surface area contributed by atoms with E-state index >= 15 is 0 Å². The zero-order valence-electron chi connectivity index (χ0n) is 8.12. The second kappa shape index (κ2) is 4.75. The Morgan fingerprint density at radius 2 is 1.60 bits per heavy atom. The van der Waals surface area contributed by atoms with Crippen molar-refractivity contribution in [2.45, 2.75) is 16.3 Å². The first-order chi connectivity index (χ1) is 6.81. The Bertz CT molecular complexity index is 339. The van der Waals surface area contributed by atoms with E-state index in [9.17, 15) is 5.11 Å². The minimum atomic E-state index is -1.49. The third-order valence-corrected chi connectivity index (χ3v) is 2.33. The molecular weight excluding hydrogens is 254 g/mol. The van der Waals surface area contributed by atoms with Crippen molar-refractivity contribution in [1.82, 2.24) is 0 Å². The quantitative estimate of drug-likeness (QED) is 0.637. The second-order valence-corrected chi connectivity index (χ2v) is 5.76. The summed E-state index contributed by atoms with van der Waals surface area (Å²) >= 11 is 16.7. The summed E-state index contributed by atoms with van der Waals surface area (Å²) in [5, 5.41) is 10.1. The molecule has 82 valence electrons.